The van der Waals surface area contributed by atoms with Gasteiger partial charge in [0.25, 0.3) is 0 Å². The molecule has 0 N–H and O–H groups in total. The van der Waals surface area contributed by atoms with Gasteiger partial charge in [-0.2, -0.15) is 4.57 Å². The molecule has 0 spiro atoms. The number of aryl methyl sites for hydroxylation is 2. The minimum absolute atomic E-state index is 0.881. The summed E-state index contributed by atoms with van der Waals surface area (Å²) >= 11 is 0. The molecule has 40 heavy (non-hydrogen) atoms. The molecule has 200 valence electrons. The lowest BCUT2D eigenvalue weighted by atomic mass is 9.88. The van der Waals surface area contributed by atoms with Gasteiger partial charge in [0, 0.05) is 13.7 Å². The maximum atomic E-state index is 9.33. The lowest BCUT2D eigenvalue weighted by Crippen LogP contribution is -2.33. The molecule has 6 aromatic rings. The van der Waals surface area contributed by atoms with Gasteiger partial charge in [-0.15, -0.1) is 0 Å². The van der Waals surface area contributed by atoms with Gasteiger partial charge in [0.05, 0.1) is 13.2 Å². The van der Waals surface area contributed by atoms with Crippen LogP contribution in [-0.2, 0) is 7.05 Å². The summed E-state index contributed by atoms with van der Waals surface area (Å²) in [5, 5.41) is 1.17. The smallest absolute Gasteiger partial charge is 0.237 e. The normalized spacial score (nSPS) is 12.9. The molecule has 4 aromatic carbocycles. The third-order valence-corrected chi connectivity index (χ3v) is 7.80. The maximum absolute atomic E-state index is 9.33. The Morgan fingerprint density at radius 1 is 0.700 bits per heavy atom. The van der Waals surface area contributed by atoms with E-state index >= 15 is 0 Å². The minimum Gasteiger partial charge on any atom is -0.237 e. The van der Waals surface area contributed by atoms with Crippen LogP contribution in [0, 0.1) is 6.92 Å². The van der Waals surface area contributed by atoms with Gasteiger partial charge < -0.3 is 0 Å². The molecular weight excluding hydrogens is 486 g/mol. The Morgan fingerprint density at radius 3 is 1.90 bits per heavy atom. The molecule has 0 bridgehead atoms. The lowest BCUT2D eigenvalue weighted by Gasteiger charge is -2.21. The quantitative estimate of drug-likeness (QED) is 0.192. The van der Waals surface area contributed by atoms with Crippen molar-refractivity contribution in [2.45, 2.75) is 46.4 Å². The van der Waals surface area contributed by atoms with Crippen LogP contribution in [0.1, 0.15) is 58.9 Å². The SMILES string of the molecule is [2H]C(C)(C)c1cc(-c2ccccc2)cc(C([2H])(C)C)c1-n1cc[n+](C)c1-n1c(-c2ccccc2)cc2cccc(C)c21. The fraction of sp³-hybridized carbons (Fsp3) is 0.216. The van der Waals surface area contributed by atoms with Crippen LogP contribution >= 0.6 is 0 Å². The van der Waals surface area contributed by atoms with E-state index in [1.807, 2.05) is 52.0 Å². The van der Waals surface area contributed by atoms with Gasteiger partial charge in [0.15, 0.2) is 0 Å². The number of aromatic nitrogens is 3. The van der Waals surface area contributed by atoms with Gasteiger partial charge in [-0.05, 0) is 64.7 Å². The monoisotopic (exact) mass is 526 g/mol. The van der Waals surface area contributed by atoms with Gasteiger partial charge in [-0.1, -0.05) is 107 Å². The molecule has 0 amide bonds. The van der Waals surface area contributed by atoms with Crippen molar-refractivity contribution in [3.63, 3.8) is 0 Å². The Labute approximate surface area is 240 Å². The van der Waals surface area contributed by atoms with Crippen molar-refractivity contribution in [2.75, 3.05) is 0 Å². The van der Waals surface area contributed by atoms with Crippen LogP contribution in [0.3, 0.4) is 0 Å². The van der Waals surface area contributed by atoms with E-state index in [1.165, 1.54) is 10.9 Å². The van der Waals surface area contributed by atoms with Crippen molar-refractivity contribution >= 4 is 10.9 Å². The van der Waals surface area contributed by atoms with E-state index in [0.29, 0.717) is 0 Å². The molecule has 0 fully saturated rings. The van der Waals surface area contributed by atoms with E-state index in [-0.39, 0.29) is 0 Å². The Balaban J connectivity index is 1.74. The average molecular weight is 527 g/mol. The highest BCUT2D eigenvalue weighted by molar-refractivity contribution is 5.91. The van der Waals surface area contributed by atoms with Crippen molar-refractivity contribution in [3.05, 3.63) is 126 Å². The Kier molecular flexibility index (Phi) is 6.06. The van der Waals surface area contributed by atoms with Crippen LogP contribution in [0.25, 0.3) is 44.9 Å². The highest BCUT2D eigenvalue weighted by Crippen LogP contribution is 2.39. The summed E-state index contributed by atoms with van der Waals surface area (Å²) in [5.74, 6) is -0.893. The summed E-state index contributed by atoms with van der Waals surface area (Å²) in [7, 11) is 2.07. The second-order valence-electron chi connectivity index (χ2n) is 11.1. The van der Waals surface area contributed by atoms with Crippen molar-refractivity contribution < 1.29 is 7.31 Å². The van der Waals surface area contributed by atoms with Gasteiger partial charge in [-0.3, -0.25) is 0 Å². The number of fused-ring (bicyclic) bond motifs is 1. The van der Waals surface area contributed by atoms with Crippen molar-refractivity contribution in [1.82, 2.24) is 9.13 Å². The zero-order valence-electron chi connectivity index (χ0n) is 26.2. The largest absolute Gasteiger partial charge is 0.374 e. The summed E-state index contributed by atoms with van der Waals surface area (Å²) in [6.07, 6.45) is 4.15. The zero-order valence-corrected chi connectivity index (χ0v) is 24.2. The molecular formula is C37H38N3+. The van der Waals surface area contributed by atoms with Crippen LogP contribution in [-0.4, -0.2) is 9.13 Å². The number of hydrogen-bond donors (Lipinski definition) is 0. The molecule has 0 aliphatic carbocycles. The number of para-hydroxylation sites is 1. The molecule has 0 saturated carbocycles. The Hall–Kier alpha value is -4.37. The molecule has 0 unspecified atom stereocenters. The van der Waals surface area contributed by atoms with Gasteiger partial charge in [-0.25, -0.2) is 9.13 Å². The third-order valence-electron chi connectivity index (χ3n) is 7.80. The molecule has 0 aliphatic rings. The summed E-state index contributed by atoms with van der Waals surface area (Å²) < 4.78 is 25.3. The summed E-state index contributed by atoms with van der Waals surface area (Å²) in [5.41, 5.74) is 9.30. The number of benzene rings is 4. The molecule has 0 aliphatic heterocycles. The molecule has 3 nitrogen and oxygen atoms in total. The molecule has 6 rings (SSSR count). The molecule has 0 atom stereocenters. The van der Waals surface area contributed by atoms with Gasteiger partial charge >= 0.3 is 5.95 Å². The number of hydrogen-bond acceptors (Lipinski definition) is 0. The maximum Gasteiger partial charge on any atom is 0.374 e. The summed E-state index contributed by atoms with van der Waals surface area (Å²) in [6, 6.07) is 33.8. The number of nitrogens with zero attached hydrogens (tertiary/aromatic N) is 3. The Bertz CT molecular complexity index is 1870. The first-order valence-corrected chi connectivity index (χ1v) is 13.9. The van der Waals surface area contributed by atoms with Crippen molar-refractivity contribution in [1.29, 1.82) is 0 Å². The van der Waals surface area contributed by atoms with Crippen LogP contribution in [0.15, 0.2) is 109 Å². The first-order chi connectivity index (χ1) is 19.9. The van der Waals surface area contributed by atoms with E-state index in [9.17, 15) is 2.74 Å². The van der Waals surface area contributed by atoms with E-state index in [4.69, 9.17) is 0 Å². The first kappa shape index (κ1) is 23.5. The van der Waals surface area contributed by atoms with Crippen LogP contribution in [0.2, 0.25) is 0 Å². The predicted molar refractivity (Wildman–Crippen MR) is 168 cm³/mol. The molecule has 0 radical (unpaired) electrons. The first-order valence-electron chi connectivity index (χ1n) is 14.9. The van der Waals surface area contributed by atoms with Gasteiger partial charge in [0.1, 0.15) is 23.1 Å². The average Bonchev–Trinajstić information content (AvgIpc) is 3.53. The number of imidazole rings is 1. The second kappa shape index (κ2) is 10.3. The molecule has 2 aromatic heterocycles. The van der Waals surface area contributed by atoms with E-state index < -0.39 is 11.8 Å². The fourth-order valence-corrected chi connectivity index (χ4v) is 5.83. The molecule has 2 heterocycles. The predicted octanol–water partition coefficient (Wildman–Crippen LogP) is 9.13. The topological polar surface area (TPSA) is 13.7 Å². The van der Waals surface area contributed by atoms with Crippen LogP contribution in [0.5, 0.6) is 0 Å². The summed E-state index contributed by atoms with van der Waals surface area (Å²) in [6.45, 7) is 9.92. The van der Waals surface area contributed by atoms with E-state index in [1.54, 1.807) is 0 Å². The second-order valence-corrected chi connectivity index (χ2v) is 11.1. The molecule has 0 saturated heterocycles. The standard InChI is InChI=1S/C37H38N3/c1-25(2)32-22-31(28-15-9-7-10-16-28)23-33(26(3)4)36(32)39-21-20-38(6)37(39)40-34(29-17-11-8-12-18-29)24-30-19-13-14-27(5)35(30)40/h7-26H,1-6H3/q+1/i25D,26D. The van der Waals surface area contributed by atoms with Crippen molar-refractivity contribution in [2.24, 2.45) is 7.05 Å². The highest BCUT2D eigenvalue weighted by Gasteiger charge is 2.30. The van der Waals surface area contributed by atoms with Gasteiger partial charge in [0.2, 0.25) is 0 Å². The number of rotatable bonds is 6. The molecule has 3 heteroatoms. The van der Waals surface area contributed by atoms with Crippen LogP contribution < -0.4 is 4.57 Å². The minimum atomic E-state index is -0.919. The fourth-order valence-electron chi connectivity index (χ4n) is 5.83. The van der Waals surface area contributed by atoms with E-state index in [2.05, 4.69) is 113 Å². The Morgan fingerprint density at radius 2 is 1.30 bits per heavy atom. The summed E-state index contributed by atoms with van der Waals surface area (Å²) in [4.78, 5) is 0. The zero-order chi connectivity index (χ0) is 29.8. The lowest BCUT2D eigenvalue weighted by molar-refractivity contribution is -0.664. The highest BCUT2D eigenvalue weighted by atomic mass is 15.3. The van der Waals surface area contributed by atoms with Crippen LogP contribution in [0.4, 0.5) is 0 Å². The van der Waals surface area contributed by atoms with Crippen molar-refractivity contribution in [3.8, 4) is 34.0 Å². The third kappa shape index (κ3) is 4.36. The van der Waals surface area contributed by atoms with E-state index in [0.717, 1.165) is 50.7 Å².